The summed E-state index contributed by atoms with van der Waals surface area (Å²) in [5.41, 5.74) is 2.94. The van der Waals surface area contributed by atoms with Crippen LogP contribution in [-0.2, 0) is 0 Å². The highest BCUT2D eigenvalue weighted by Crippen LogP contribution is 2.31. The molecular formula is C24H15ClN4O2. The van der Waals surface area contributed by atoms with Crippen molar-refractivity contribution < 1.29 is 4.79 Å². The highest BCUT2D eigenvalue weighted by Gasteiger charge is 2.19. The molecule has 0 amide bonds. The quantitative estimate of drug-likeness (QED) is 0.312. The monoisotopic (exact) mass is 426 g/mol. The Hall–Kier alpha value is -4.03. The second-order valence-electron chi connectivity index (χ2n) is 6.97. The molecule has 5 aromatic rings. The number of para-hydroxylation sites is 2. The number of benzene rings is 2. The molecule has 0 atom stereocenters. The average Bonchev–Trinajstić information content (AvgIpc) is 3.20. The van der Waals surface area contributed by atoms with Gasteiger partial charge < -0.3 is 9.97 Å². The van der Waals surface area contributed by atoms with Crippen LogP contribution in [0.1, 0.15) is 16.2 Å². The van der Waals surface area contributed by atoms with E-state index in [9.17, 15) is 9.59 Å². The smallest absolute Gasteiger partial charge is 0.260 e. The molecule has 3 aromatic heterocycles. The summed E-state index contributed by atoms with van der Waals surface area (Å²) in [4.78, 5) is 40.6. The molecule has 0 saturated heterocycles. The summed E-state index contributed by atoms with van der Waals surface area (Å²) in [5, 5.41) is 1.17. The first-order valence-electron chi connectivity index (χ1n) is 9.53. The number of aromatic nitrogens is 4. The molecule has 0 aliphatic carbocycles. The molecule has 31 heavy (non-hydrogen) atoms. The lowest BCUT2D eigenvalue weighted by molar-refractivity contribution is 0.104. The van der Waals surface area contributed by atoms with Gasteiger partial charge >= 0.3 is 0 Å². The molecular weight excluding hydrogens is 412 g/mol. The number of nitrogens with one attached hydrogen (secondary N) is 2. The summed E-state index contributed by atoms with van der Waals surface area (Å²) in [6.45, 7) is 0. The number of nitrogens with zero attached hydrogens (tertiary/aromatic N) is 2. The first-order valence-corrected chi connectivity index (χ1v) is 9.91. The van der Waals surface area contributed by atoms with E-state index < -0.39 is 11.3 Å². The van der Waals surface area contributed by atoms with Gasteiger partial charge in [0.15, 0.2) is 5.78 Å². The summed E-state index contributed by atoms with van der Waals surface area (Å²) in [6, 6.07) is 16.3. The van der Waals surface area contributed by atoms with E-state index in [4.69, 9.17) is 11.6 Å². The van der Waals surface area contributed by atoms with Crippen molar-refractivity contribution in [3.05, 3.63) is 99.8 Å². The lowest BCUT2D eigenvalue weighted by atomic mass is 9.95. The van der Waals surface area contributed by atoms with Gasteiger partial charge in [0, 0.05) is 39.4 Å². The number of pyridine rings is 2. The van der Waals surface area contributed by atoms with Gasteiger partial charge in [-0.3, -0.25) is 14.6 Å². The first-order chi connectivity index (χ1) is 15.1. The number of hydrogen-bond donors (Lipinski definition) is 2. The molecule has 0 spiro atoms. The van der Waals surface area contributed by atoms with Crippen LogP contribution in [0.4, 0.5) is 0 Å². The van der Waals surface area contributed by atoms with Crippen molar-refractivity contribution in [2.75, 3.05) is 0 Å². The summed E-state index contributed by atoms with van der Waals surface area (Å²) in [6.07, 6.45) is 6.17. The van der Waals surface area contributed by atoms with Crippen molar-refractivity contribution in [3.8, 4) is 11.1 Å². The minimum Gasteiger partial charge on any atom is -0.338 e. The predicted molar refractivity (Wildman–Crippen MR) is 122 cm³/mol. The zero-order valence-electron chi connectivity index (χ0n) is 16.1. The number of carbonyl (C=O) groups excluding carboxylic acids is 1. The van der Waals surface area contributed by atoms with Crippen LogP contribution in [0.25, 0.3) is 39.1 Å². The Balaban J connectivity index is 1.67. The van der Waals surface area contributed by atoms with Gasteiger partial charge in [0.05, 0.1) is 16.6 Å². The van der Waals surface area contributed by atoms with Crippen LogP contribution in [-0.4, -0.2) is 25.7 Å². The lowest BCUT2D eigenvalue weighted by Gasteiger charge is -2.11. The van der Waals surface area contributed by atoms with Crippen LogP contribution in [0.2, 0.25) is 5.02 Å². The van der Waals surface area contributed by atoms with Gasteiger partial charge in [-0.15, -0.1) is 0 Å². The van der Waals surface area contributed by atoms with E-state index >= 15 is 0 Å². The molecule has 0 fully saturated rings. The van der Waals surface area contributed by atoms with Crippen molar-refractivity contribution in [2.45, 2.75) is 0 Å². The standard InChI is InChI=1S/C24H15ClN4O2/c25-15-7-8-17-16(12-15)22(14-4-3-11-26-13-14)23(24(31)29-17)20(30)9-10-21-27-18-5-1-2-6-19(18)28-21/h1-13H,(H,27,28)(H,29,31)/b10-9+. The Morgan fingerprint density at radius 2 is 1.87 bits per heavy atom. The van der Waals surface area contributed by atoms with Crippen LogP contribution < -0.4 is 5.56 Å². The lowest BCUT2D eigenvalue weighted by Crippen LogP contribution is -2.18. The fraction of sp³-hybridized carbons (Fsp3) is 0. The molecule has 7 heteroatoms. The van der Waals surface area contributed by atoms with Crippen molar-refractivity contribution in [1.29, 1.82) is 0 Å². The first kappa shape index (κ1) is 19.0. The molecule has 0 aliphatic heterocycles. The SMILES string of the molecule is O=C(/C=C/c1nc2ccccc2[nH]1)c1c(-c2cccnc2)c2cc(Cl)ccc2[nH]c1=O. The molecule has 0 saturated carbocycles. The predicted octanol–water partition coefficient (Wildman–Crippen LogP) is 5.02. The fourth-order valence-corrected chi connectivity index (χ4v) is 3.77. The molecule has 2 aromatic carbocycles. The highest BCUT2D eigenvalue weighted by atomic mass is 35.5. The third-order valence-electron chi connectivity index (χ3n) is 4.97. The number of rotatable bonds is 4. The van der Waals surface area contributed by atoms with E-state index in [1.165, 1.54) is 6.08 Å². The number of ketones is 1. The van der Waals surface area contributed by atoms with Crippen molar-refractivity contribution in [2.24, 2.45) is 0 Å². The maximum absolute atomic E-state index is 13.2. The maximum Gasteiger partial charge on any atom is 0.260 e. The Morgan fingerprint density at radius 3 is 2.68 bits per heavy atom. The molecule has 0 aliphatic rings. The van der Waals surface area contributed by atoms with Crippen LogP contribution in [0.3, 0.4) is 0 Å². The molecule has 5 rings (SSSR count). The van der Waals surface area contributed by atoms with Gasteiger partial charge in [-0.2, -0.15) is 0 Å². The third-order valence-corrected chi connectivity index (χ3v) is 5.21. The summed E-state index contributed by atoms with van der Waals surface area (Å²) in [5.74, 6) is 0.0835. The fourth-order valence-electron chi connectivity index (χ4n) is 3.60. The molecule has 2 N–H and O–H groups in total. The van der Waals surface area contributed by atoms with E-state index in [2.05, 4.69) is 19.9 Å². The van der Waals surface area contributed by atoms with Gasteiger partial charge in [-0.1, -0.05) is 29.8 Å². The Morgan fingerprint density at radius 1 is 1.00 bits per heavy atom. The molecule has 6 nitrogen and oxygen atoms in total. The minimum atomic E-state index is -0.479. The average molecular weight is 427 g/mol. The topological polar surface area (TPSA) is 91.5 Å². The molecule has 0 bridgehead atoms. The minimum absolute atomic E-state index is 0.0233. The number of hydrogen-bond acceptors (Lipinski definition) is 4. The third kappa shape index (κ3) is 3.53. The number of carbonyl (C=O) groups is 1. The number of fused-ring (bicyclic) bond motifs is 2. The van der Waals surface area contributed by atoms with Gasteiger partial charge in [-0.25, -0.2) is 4.98 Å². The Kier molecular flexibility index (Phi) is 4.69. The van der Waals surface area contributed by atoms with Gasteiger partial charge in [0.25, 0.3) is 5.56 Å². The van der Waals surface area contributed by atoms with Crippen LogP contribution in [0.15, 0.2) is 77.9 Å². The second-order valence-corrected chi connectivity index (χ2v) is 7.41. The number of imidazole rings is 1. The number of aromatic amines is 2. The molecule has 150 valence electrons. The van der Waals surface area contributed by atoms with E-state index in [1.54, 1.807) is 42.7 Å². The van der Waals surface area contributed by atoms with Gasteiger partial charge in [-0.05, 0) is 48.6 Å². The van der Waals surface area contributed by atoms with E-state index in [0.717, 1.165) is 11.0 Å². The number of halogens is 1. The van der Waals surface area contributed by atoms with Gasteiger partial charge in [0.2, 0.25) is 0 Å². The van der Waals surface area contributed by atoms with E-state index in [0.29, 0.717) is 32.9 Å². The molecule has 0 radical (unpaired) electrons. The van der Waals surface area contributed by atoms with Crippen LogP contribution >= 0.6 is 11.6 Å². The van der Waals surface area contributed by atoms with E-state index in [-0.39, 0.29) is 5.56 Å². The van der Waals surface area contributed by atoms with Crippen molar-refractivity contribution >= 4 is 45.4 Å². The summed E-state index contributed by atoms with van der Waals surface area (Å²) < 4.78 is 0. The summed E-state index contributed by atoms with van der Waals surface area (Å²) >= 11 is 6.21. The molecule has 3 heterocycles. The van der Waals surface area contributed by atoms with Crippen molar-refractivity contribution in [1.82, 2.24) is 19.9 Å². The zero-order valence-corrected chi connectivity index (χ0v) is 16.9. The number of allylic oxidation sites excluding steroid dienone is 1. The van der Waals surface area contributed by atoms with Crippen molar-refractivity contribution in [3.63, 3.8) is 0 Å². The Bertz CT molecular complexity index is 1500. The second kappa shape index (κ2) is 7.66. The largest absolute Gasteiger partial charge is 0.338 e. The van der Waals surface area contributed by atoms with Crippen LogP contribution in [0, 0.1) is 0 Å². The normalized spacial score (nSPS) is 11.5. The maximum atomic E-state index is 13.2. The van der Waals surface area contributed by atoms with Crippen LogP contribution in [0.5, 0.6) is 0 Å². The summed E-state index contributed by atoms with van der Waals surface area (Å²) in [7, 11) is 0. The van der Waals surface area contributed by atoms with E-state index in [1.807, 2.05) is 30.3 Å². The van der Waals surface area contributed by atoms with Gasteiger partial charge in [0.1, 0.15) is 5.82 Å². The zero-order chi connectivity index (χ0) is 21.4. The number of H-pyrrole nitrogens is 2. The Labute approximate surface area is 181 Å². The highest BCUT2D eigenvalue weighted by molar-refractivity contribution is 6.31. The molecule has 0 unspecified atom stereocenters.